The number of nitrogens with zero attached hydrogens (tertiary/aromatic N) is 5. The lowest BCUT2D eigenvalue weighted by Gasteiger charge is -2.08. The summed E-state index contributed by atoms with van der Waals surface area (Å²) in [7, 11) is 0. The third-order valence-corrected chi connectivity index (χ3v) is 3.87. The second kappa shape index (κ2) is 5.33. The fourth-order valence-electron chi connectivity index (χ4n) is 2.57. The Balaban J connectivity index is 1.68. The van der Waals surface area contributed by atoms with E-state index in [4.69, 9.17) is 11.6 Å². The van der Waals surface area contributed by atoms with Crippen molar-refractivity contribution in [3.8, 4) is 0 Å². The molecule has 102 valence electrons. The highest BCUT2D eigenvalue weighted by atomic mass is 35.5. The number of alkyl halides is 1. The van der Waals surface area contributed by atoms with Gasteiger partial charge in [-0.1, -0.05) is 18.1 Å². The third-order valence-electron chi connectivity index (χ3n) is 3.65. The number of rotatable bonds is 4. The van der Waals surface area contributed by atoms with E-state index in [9.17, 15) is 0 Å². The first-order chi connectivity index (χ1) is 9.22. The standard InChI is InChI=1S/C13H18ClN5/c1-10(14)13-9-18(17-15-13)8-11-6-7-19(16-11)12-4-2-3-5-12/h6-7,9-10,12H,2-5,8H2,1H3. The van der Waals surface area contributed by atoms with Crippen LogP contribution in [-0.2, 0) is 6.54 Å². The van der Waals surface area contributed by atoms with Crippen LogP contribution in [-0.4, -0.2) is 24.8 Å². The summed E-state index contributed by atoms with van der Waals surface area (Å²) in [6, 6.07) is 2.65. The van der Waals surface area contributed by atoms with Crippen LogP contribution >= 0.6 is 11.6 Å². The molecule has 0 amide bonds. The molecule has 1 aliphatic rings. The predicted molar refractivity (Wildman–Crippen MR) is 73.1 cm³/mol. The smallest absolute Gasteiger partial charge is 0.100 e. The molecule has 2 aromatic heterocycles. The Morgan fingerprint density at radius 2 is 2.21 bits per heavy atom. The second-order valence-electron chi connectivity index (χ2n) is 5.18. The van der Waals surface area contributed by atoms with Crippen LogP contribution in [0.2, 0.25) is 0 Å². The molecule has 0 spiro atoms. The van der Waals surface area contributed by atoms with Gasteiger partial charge in [-0.05, 0) is 25.8 Å². The maximum Gasteiger partial charge on any atom is 0.100 e. The van der Waals surface area contributed by atoms with Crippen molar-refractivity contribution in [2.24, 2.45) is 0 Å². The van der Waals surface area contributed by atoms with E-state index in [1.165, 1.54) is 25.7 Å². The van der Waals surface area contributed by atoms with Gasteiger partial charge in [-0.2, -0.15) is 5.10 Å². The first-order valence-electron chi connectivity index (χ1n) is 6.80. The van der Waals surface area contributed by atoms with Crippen molar-refractivity contribution in [1.29, 1.82) is 0 Å². The Labute approximate surface area is 117 Å². The van der Waals surface area contributed by atoms with Crippen molar-refractivity contribution in [3.63, 3.8) is 0 Å². The molecule has 5 nitrogen and oxygen atoms in total. The topological polar surface area (TPSA) is 48.5 Å². The molecule has 0 aromatic carbocycles. The quantitative estimate of drug-likeness (QED) is 0.809. The summed E-state index contributed by atoms with van der Waals surface area (Å²) in [5.74, 6) is 0. The normalized spacial score (nSPS) is 18.0. The Kier molecular flexibility index (Phi) is 3.55. The zero-order valence-corrected chi connectivity index (χ0v) is 11.8. The van der Waals surface area contributed by atoms with Crippen molar-refractivity contribution >= 4 is 11.6 Å². The summed E-state index contributed by atoms with van der Waals surface area (Å²) >= 11 is 5.97. The molecular formula is C13H18ClN5. The first-order valence-corrected chi connectivity index (χ1v) is 7.24. The van der Waals surface area contributed by atoms with Gasteiger partial charge in [-0.25, -0.2) is 4.68 Å². The number of aromatic nitrogens is 5. The van der Waals surface area contributed by atoms with E-state index < -0.39 is 0 Å². The Morgan fingerprint density at radius 3 is 2.89 bits per heavy atom. The van der Waals surface area contributed by atoms with Crippen LogP contribution in [0.3, 0.4) is 0 Å². The van der Waals surface area contributed by atoms with Gasteiger partial charge in [0, 0.05) is 6.20 Å². The van der Waals surface area contributed by atoms with Crippen molar-refractivity contribution in [3.05, 3.63) is 29.8 Å². The van der Waals surface area contributed by atoms with E-state index in [0.717, 1.165) is 11.4 Å². The zero-order chi connectivity index (χ0) is 13.2. The summed E-state index contributed by atoms with van der Waals surface area (Å²) in [6.45, 7) is 2.54. The van der Waals surface area contributed by atoms with Gasteiger partial charge in [-0.15, -0.1) is 16.7 Å². The van der Waals surface area contributed by atoms with Gasteiger partial charge in [-0.3, -0.25) is 4.68 Å². The lowest BCUT2D eigenvalue weighted by atomic mass is 10.3. The first kappa shape index (κ1) is 12.7. The van der Waals surface area contributed by atoms with Crippen LogP contribution < -0.4 is 0 Å². The molecule has 1 unspecified atom stereocenters. The van der Waals surface area contributed by atoms with E-state index >= 15 is 0 Å². The molecular weight excluding hydrogens is 262 g/mol. The van der Waals surface area contributed by atoms with Crippen LogP contribution in [0.5, 0.6) is 0 Å². The van der Waals surface area contributed by atoms with E-state index in [1.807, 2.05) is 13.1 Å². The van der Waals surface area contributed by atoms with Crippen LogP contribution in [0.1, 0.15) is 55.4 Å². The molecule has 1 aliphatic carbocycles. The second-order valence-corrected chi connectivity index (χ2v) is 5.84. The van der Waals surface area contributed by atoms with Gasteiger partial charge in [0.1, 0.15) is 5.69 Å². The lowest BCUT2D eigenvalue weighted by molar-refractivity contribution is 0.460. The van der Waals surface area contributed by atoms with Gasteiger partial charge in [0.05, 0.1) is 29.9 Å². The van der Waals surface area contributed by atoms with Gasteiger partial charge >= 0.3 is 0 Å². The monoisotopic (exact) mass is 279 g/mol. The molecule has 3 rings (SSSR count). The fraction of sp³-hybridized carbons (Fsp3) is 0.615. The Morgan fingerprint density at radius 1 is 1.42 bits per heavy atom. The molecule has 1 fully saturated rings. The largest absolute Gasteiger partial charge is 0.269 e. The van der Waals surface area contributed by atoms with Crippen molar-refractivity contribution in [2.75, 3.05) is 0 Å². The molecule has 6 heteroatoms. The summed E-state index contributed by atoms with van der Waals surface area (Å²) in [5, 5.41) is 12.6. The lowest BCUT2D eigenvalue weighted by Crippen LogP contribution is -2.07. The number of halogens is 1. The highest BCUT2D eigenvalue weighted by Crippen LogP contribution is 2.28. The number of hydrogen-bond acceptors (Lipinski definition) is 3. The maximum absolute atomic E-state index is 5.97. The predicted octanol–water partition coefficient (Wildman–Crippen LogP) is 2.94. The Bertz CT molecular complexity index is 539. The number of hydrogen-bond donors (Lipinski definition) is 0. The van der Waals surface area contributed by atoms with Crippen molar-refractivity contribution in [2.45, 2.75) is 50.6 Å². The van der Waals surface area contributed by atoms with Gasteiger partial charge in [0.15, 0.2) is 0 Å². The SMILES string of the molecule is CC(Cl)c1cn(Cc2ccn(C3CCCC3)n2)nn1. The van der Waals surface area contributed by atoms with Crippen LogP contribution in [0.4, 0.5) is 0 Å². The van der Waals surface area contributed by atoms with Crippen LogP contribution in [0, 0.1) is 0 Å². The van der Waals surface area contributed by atoms with Crippen LogP contribution in [0.25, 0.3) is 0 Å². The summed E-state index contributed by atoms with van der Waals surface area (Å²) in [4.78, 5) is 0. The van der Waals surface area contributed by atoms with E-state index in [1.54, 1.807) is 4.68 Å². The third kappa shape index (κ3) is 2.81. The minimum absolute atomic E-state index is 0.107. The van der Waals surface area contributed by atoms with E-state index in [0.29, 0.717) is 12.6 Å². The minimum atomic E-state index is -0.107. The molecule has 0 bridgehead atoms. The summed E-state index contributed by atoms with van der Waals surface area (Å²) in [6.07, 6.45) is 9.09. The summed E-state index contributed by atoms with van der Waals surface area (Å²) < 4.78 is 3.89. The molecule has 2 heterocycles. The molecule has 2 aromatic rings. The Hall–Kier alpha value is -1.36. The van der Waals surface area contributed by atoms with Crippen molar-refractivity contribution in [1.82, 2.24) is 24.8 Å². The summed E-state index contributed by atoms with van der Waals surface area (Å²) in [5.41, 5.74) is 1.82. The van der Waals surface area contributed by atoms with Crippen LogP contribution in [0.15, 0.2) is 18.5 Å². The molecule has 1 saturated carbocycles. The molecule has 0 N–H and O–H groups in total. The zero-order valence-electron chi connectivity index (χ0n) is 11.0. The average molecular weight is 280 g/mol. The highest BCUT2D eigenvalue weighted by molar-refractivity contribution is 6.20. The minimum Gasteiger partial charge on any atom is -0.269 e. The van der Waals surface area contributed by atoms with Crippen molar-refractivity contribution < 1.29 is 0 Å². The fourth-order valence-corrected chi connectivity index (χ4v) is 2.67. The van der Waals surface area contributed by atoms with E-state index in [2.05, 4.69) is 32.4 Å². The molecule has 1 atom stereocenters. The van der Waals surface area contributed by atoms with Gasteiger partial charge in [0.25, 0.3) is 0 Å². The maximum atomic E-state index is 5.97. The molecule has 0 aliphatic heterocycles. The molecule has 19 heavy (non-hydrogen) atoms. The average Bonchev–Trinajstić information content (AvgIpc) is 3.09. The van der Waals surface area contributed by atoms with Gasteiger partial charge < -0.3 is 0 Å². The highest BCUT2D eigenvalue weighted by Gasteiger charge is 2.17. The molecule has 0 radical (unpaired) electrons. The van der Waals surface area contributed by atoms with Gasteiger partial charge in [0.2, 0.25) is 0 Å². The molecule has 0 saturated heterocycles. The van der Waals surface area contributed by atoms with E-state index in [-0.39, 0.29) is 5.38 Å².